The summed E-state index contributed by atoms with van der Waals surface area (Å²) < 4.78 is 19.2. The van der Waals surface area contributed by atoms with Gasteiger partial charge in [-0.15, -0.1) is 0 Å². The predicted octanol–water partition coefficient (Wildman–Crippen LogP) is 3.29. The standard InChI is InChI=1S/C16H12BrFN2O3S/c1-9-4-14(21)20-16(12(9)6-19)24-8-15(22)23-7-10-2-3-11(17)5-13(10)18/h2-5H,7-8H2,1H3,(H,20,21). The number of halogens is 2. The van der Waals surface area contributed by atoms with Gasteiger partial charge in [0.1, 0.15) is 18.5 Å². The first-order valence-corrected chi connectivity index (χ1v) is 8.55. The number of esters is 1. The van der Waals surface area contributed by atoms with Crippen LogP contribution >= 0.6 is 27.7 Å². The Bertz CT molecular complexity index is 877. The lowest BCUT2D eigenvalue weighted by molar-refractivity contribution is -0.141. The molecule has 1 aromatic heterocycles. The van der Waals surface area contributed by atoms with Gasteiger partial charge in [-0.25, -0.2) is 4.39 Å². The second kappa shape index (κ2) is 8.13. The van der Waals surface area contributed by atoms with E-state index in [1.165, 1.54) is 18.2 Å². The molecule has 5 nitrogen and oxygen atoms in total. The molecule has 1 N–H and O–H groups in total. The summed E-state index contributed by atoms with van der Waals surface area (Å²) in [6, 6.07) is 7.76. The van der Waals surface area contributed by atoms with E-state index < -0.39 is 11.8 Å². The van der Waals surface area contributed by atoms with Crippen LogP contribution in [0, 0.1) is 24.1 Å². The number of ether oxygens (including phenoxy) is 1. The van der Waals surface area contributed by atoms with Crippen molar-refractivity contribution in [2.45, 2.75) is 18.6 Å². The largest absolute Gasteiger partial charge is 0.460 e. The van der Waals surface area contributed by atoms with Crippen molar-refractivity contribution in [2.75, 3.05) is 5.75 Å². The minimum Gasteiger partial charge on any atom is -0.460 e. The van der Waals surface area contributed by atoms with Gasteiger partial charge in [0, 0.05) is 16.1 Å². The van der Waals surface area contributed by atoms with E-state index in [1.54, 1.807) is 13.0 Å². The van der Waals surface area contributed by atoms with Gasteiger partial charge in [0.15, 0.2) is 0 Å². The van der Waals surface area contributed by atoms with Gasteiger partial charge in [-0.2, -0.15) is 5.26 Å². The van der Waals surface area contributed by atoms with Gasteiger partial charge >= 0.3 is 5.97 Å². The van der Waals surface area contributed by atoms with E-state index in [-0.39, 0.29) is 23.5 Å². The Morgan fingerprint density at radius 2 is 2.21 bits per heavy atom. The summed E-state index contributed by atoms with van der Waals surface area (Å²) in [5.74, 6) is -1.15. The van der Waals surface area contributed by atoms with E-state index in [0.717, 1.165) is 11.8 Å². The number of carbonyl (C=O) groups is 1. The van der Waals surface area contributed by atoms with Crippen molar-refractivity contribution >= 4 is 33.7 Å². The number of thioether (sulfide) groups is 1. The number of carbonyl (C=O) groups excluding carboxylic acids is 1. The zero-order valence-electron chi connectivity index (χ0n) is 12.6. The second-order valence-electron chi connectivity index (χ2n) is 4.82. The fourth-order valence-electron chi connectivity index (χ4n) is 1.88. The van der Waals surface area contributed by atoms with Crippen LogP contribution in [-0.4, -0.2) is 16.7 Å². The van der Waals surface area contributed by atoms with E-state index >= 15 is 0 Å². The first-order valence-electron chi connectivity index (χ1n) is 6.77. The maximum Gasteiger partial charge on any atom is 0.316 e. The molecule has 8 heteroatoms. The van der Waals surface area contributed by atoms with Crippen LogP contribution in [0.15, 0.2) is 38.6 Å². The fourth-order valence-corrected chi connectivity index (χ4v) is 3.08. The number of H-pyrrole nitrogens is 1. The van der Waals surface area contributed by atoms with Crippen molar-refractivity contribution in [1.82, 2.24) is 4.98 Å². The van der Waals surface area contributed by atoms with E-state index in [4.69, 9.17) is 10.00 Å². The third kappa shape index (κ3) is 4.69. The highest BCUT2D eigenvalue weighted by atomic mass is 79.9. The summed E-state index contributed by atoms with van der Waals surface area (Å²) in [7, 11) is 0. The number of pyridine rings is 1. The van der Waals surface area contributed by atoms with E-state index in [2.05, 4.69) is 20.9 Å². The van der Waals surface area contributed by atoms with Crippen molar-refractivity contribution in [3.63, 3.8) is 0 Å². The van der Waals surface area contributed by atoms with Crippen molar-refractivity contribution < 1.29 is 13.9 Å². The third-order valence-corrected chi connectivity index (χ3v) is 4.52. The topological polar surface area (TPSA) is 82.9 Å². The van der Waals surface area contributed by atoms with Crippen LogP contribution in [0.2, 0.25) is 0 Å². The summed E-state index contributed by atoms with van der Waals surface area (Å²) >= 11 is 4.14. The molecule has 1 aromatic carbocycles. The Morgan fingerprint density at radius 1 is 1.46 bits per heavy atom. The number of hydrogen-bond donors (Lipinski definition) is 1. The minimum atomic E-state index is -0.575. The number of aromatic nitrogens is 1. The zero-order chi connectivity index (χ0) is 17.7. The maximum atomic E-state index is 13.6. The van der Waals surface area contributed by atoms with Crippen LogP contribution in [0.5, 0.6) is 0 Å². The normalized spacial score (nSPS) is 10.2. The van der Waals surface area contributed by atoms with Gasteiger partial charge in [-0.1, -0.05) is 33.8 Å². The lowest BCUT2D eigenvalue weighted by atomic mass is 10.2. The van der Waals surface area contributed by atoms with Crippen LogP contribution in [0.25, 0.3) is 0 Å². The number of aromatic amines is 1. The number of nitriles is 1. The van der Waals surface area contributed by atoms with Crippen molar-refractivity contribution in [1.29, 1.82) is 5.26 Å². The highest BCUT2D eigenvalue weighted by molar-refractivity contribution is 9.10. The summed E-state index contributed by atoms with van der Waals surface area (Å²) in [5.41, 5.74) is 0.762. The summed E-state index contributed by atoms with van der Waals surface area (Å²) in [6.45, 7) is 1.46. The highest BCUT2D eigenvalue weighted by Crippen LogP contribution is 2.21. The van der Waals surface area contributed by atoms with Crippen molar-refractivity contribution in [3.05, 3.63) is 61.6 Å². The molecule has 0 radical (unpaired) electrons. The zero-order valence-corrected chi connectivity index (χ0v) is 15.0. The molecule has 0 atom stereocenters. The highest BCUT2D eigenvalue weighted by Gasteiger charge is 2.12. The summed E-state index contributed by atoms with van der Waals surface area (Å²) in [6.07, 6.45) is 0. The van der Waals surface area contributed by atoms with Crippen LogP contribution in [0.4, 0.5) is 4.39 Å². The fraction of sp³-hybridized carbons (Fsp3) is 0.188. The second-order valence-corrected chi connectivity index (χ2v) is 6.72. The maximum absolute atomic E-state index is 13.6. The number of nitrogens with zero attached hydrogens (tertiary/aromatic N) is 1. The van der Waals surface area contributed by atoms with Gasteiger partial charge in [0.05, 0.1) is 16.3 Å². The molecule has 0 bridgehead atoms. The van der Waals surface area contributed by atoms with E-state index in [1.807, 2.05) is 6.07 Å². The number of aryl methyl sites for hydroxylation is 1. The SMILES string of the molecule is Cc1cc(=O)[nH]c(SCC(=O)OCc2ccc(Br)cc2F)c1C#N. The number of nitrogens with one attached hydrogen (secondary N) is 1. The molecule has 2 aromatic rings. The summed E-state index contributed by atoms with van der Waals surface area (Å²) in [4.78, 5) is 25.8. The Hall–Kier alpha value is -2.11. The quantitative estimate of drug-likeness (QED) is 0.603. The molecule has 0 saturated carbocycles. The van der Waals surface area contributed by atoms with Gasteiger partial charge in [-0.3, -0.25) is 9.59 Å². The van der Waals surface area contributed by atoms with Crippen molar-refractivity contribution in [2.24, 2.45) is 0 Å². The molecule has 0 spiro atoms. The van der Waals surface area contributed by atoms with Crippen LogP contribution in [0.1, 0.15) is 16.7 Å². The molecule has 0 fully saturated rings. The Labute approximate surface area is 150 Å². The van der Waals surface area contributed by atoms with Crippen LogP contribution in [0.3, 0.4) is 0 Å². The molecule has 0 aliphatic carbocycles. The number of hydrogen-bond acceptors (Lipinski definition) is 5. The molecule has 0 aliphatic rings. The molecular weight excluding hydrogens is 399 g/mol. The molecule has 0 amide bonds. The lowest BCUT2D eigenvalue weighted by Gasteiger charge is -2.07. The van der Waals surface area contributed by atoms with E-state index in [0.29, 0.717) is 20.6 Å². The molecule has 0 saturated heterocycles. The smallest absolute Gasteiger partial charge is 0.316 e. The molecule has 0 aliphatic heterocycles. The average Bonchev–Trinajstić information content (AvgIpc) is 2.51. The molecule has 1 heterocycles. The molecule has 24 heavy (non-hydrogen) atoms. The van der Waals surface area contributed by atoms with Gasteiger partial charge in [-0.05, 0) is 24.6 Å². The third-order valence-electron chi connectivity index (χ3n) is 3.06. The first-order chi connectivity index (χ1) is 11.4. The molecular formula is C16H12BrFN2O3S. The number of rotatable bonds is 5. The summed E-state index contributed by atoms with van der Waals surface area (Å²) in [5, 5.41) is 9.43. The Morgan fingerprint density at radius 3 is 2.88 bits per heavy atom. The minimum absolute atomic E-state index is 0.105. The average molecular weight is 411 g/mol. The Kier molecular flexibility index (Phi) is 6.17. The lowest BCUT2D eigenvalue weighted by Crippen LogP contribution is -2.12. The van der Waals surface area contributed by atoms with Gasteiger partial charge < -0.3 is 9.72 Å². The predicted molar refractivity (Wildman–Crippen MR) is 91.1 cm³/mol. The monoisotopic (exact) mass is 410 g/mol. The first kappa shape index (κ1) is 18.2. The van der Waals surface area contributed by atoms with Gasteiger partial charge in [0.2, 0.25) is 5.56 Å². The van der Waals surface area contributed by atoms with Crippen LogP contribution < -0.4 is 5.56 Å². The Balaban J connectivity index is 1.97. The van der Waals surface area contributed by atoms with E-state index in [9.17, 15) is 14.0 Å². The molecule has 2 rings (SSSR count). The van der Waals surface area contributed by atoms with Crippen molar-refractivity contribution in [3.8, 4) is 6.07 Å². The van der Waals surface area contributed by atoms with Gasteiger partial charge in [0.25, 0.3) is 0 Å². The molecule has 0 unspecified atom stereocenters. The number of benzene rings is 1. The molecule has 124 valence electrons. The van der Waals surface area contributed by atoms with Crippen LogP contribution in [-0.2, 0) is 16.1 Å².